The predicted octanol–water partition coefficient (Wildman–Crippen LogP) is 3.79. The van der Waals surface area contributed by atoms with Gasteiger partial charge in [-0.05, 0) is 42.2 Å². The molecule has 2 N–H and O–H groups in total. The third kappa shape index (κ3) is 3.58. The van der Waals surface area contributed by atoms with Gasteiger partial charge in [-0.2, -0.15) is 0 Å². The molecule has 0 aromatic heterocycles. The maximum Gasteiger partial charge on any atom is 0.339 e. The minimum atomic E-state index is -1.15. The monoisotopic (exact) mass is 300 g/mol. The number of para-hydroxylation sites is 1. The molecule has 2 aromatic carbocycles. The summed E-state index contributed by atoms with van der Waals surface area (Å²) >= 11 is 0. The fourth-order valence-electron chi connectivity index (χ4n) is 2.26. The smallest absolute Gasteiger partial charge is 0.339 e. The minimum Gasteiger partial charge on any atom is -0.507 e. The van der Waals surface area contributed by atoms with Crippen molar-refractivity contribution in [1.82, 2.24) is 0 Å². The molecule has 4 nitrogen and oxygen atoms in total. The molecule has 0 heterocycles. The van der Waals surface area contributed by atoms with E-state index in [1.807, 2.05) is 12.1 Å². The highest BCUT2D eigenvalue weighted by Gasteiger charge is 2.13. The number of aromatic carboxylic acids is 1. The van der Waals surface area contributed by atoms with Gasteiger partial charge in [0, 0.05) is 5.56 Å². The van der Waals surface area contributed by atoms with Gasteiger partial charge in [0.1, 0.15) is 23.7 Å². The molecule has 0 aliphatic heterocycles. The molecule has 0 aliphatic carbocycles. The van der Waals surface area contributed by atoms with Crippen molar-refractivity contribution in [3.8, 4) is 11.5 Å². The highest BCUT2D eigenvalue weighted by molar-refractivity contribution is 5.91. The summed E-state index contributed by atoms with van der Waals surface area (Å²) in [5.41, 5.74) is 2.73. The van der Waals surface area contributed by atoms with Gasteiger partial charge in [-0.25, -0.2) is 4.79 Å². The molecule has 0 fully saturated rings. The van der Waals surface area contributed by atoms with Crippen LogP contribution in [0, 0.1) is 0 Å². The van der Waals surface area contributed by atoms with Crippen molar-refractivity contribution in [2.24, 2.45) is 0 Å². The maximum absolute atomic E-state index is 11.0. The number of rotatable bonds is 6. The van der Waals surface area contributed by atoms with Crippen molar-refractivity contribution in [2.75, 3.05) is 0 Å². The second kappa shape index (κ2) is 6.98. The third-order valence-electron chi connectivity index (χ3n) is 3.59. The SMILES string of the molecule is CCc1cc(CC)cc(OCc2cccc(C(=O)O)c2O)c1. The minimum absolute atomic E-state index is 0.113. The second-order valence-electron chi connectivity index (χ2n) is 5.10. The van der Waals surface area contributed by atoms with E-state index in [4.69, 9.17) is 9.84 Å². The Morgan fingerprint density at radius 1 is 1.09 bits per heavy atom. The van der Waals surface area contributed by atoms with E-state index in [0.717, 1.165) is 18.6 Å². The summed E-state index contributed by atoms with van der Waals surface area (Å²) in [5, 5.41) is 19.0. The maximum atomic E-state index is 11.0. The van der Waals surface area contributed by atoms with Gasteiger partial charge in [0.05, 0.1) is 0 Å². The molecular weight excluding hydrogens is 280 g/mol. The summed E-state index contributed by atoms with van der Waals surface area (Å²) in [6.07, 6.45) is 1.84. The van der Waals surface area contributed by atoms with E-state index in [1.54, 1.807) is 12.1 Å². The molecule has 0 saturated carbocycles. The van der Waals surface area contributed by atoms with Gasteiger partial charge in [0.15, 0.2) is 0 Å². The standard InChI is InChI=1S/C18H20O4/c1-3-12-8-13(4-2)10-15(9-12)22-11-14-6-5-7-16(17(14)19)18(20)21/h5-10,19H,3-4,11H2,1-2H3,(H,20,21). The Hall–Kier alpha value is -2.49. The van der Waals surface area contributed by atoms with E-state index in [2.05, 4.69) is 19.9 Å². The number of aryl methyl sites for hydroxylation is 2. The van der Waals surface area contributed by atoms with Crippen LogP contribution in [0.2, 0.25) is 0 Å². The van der Waals surface area contributed by atoms with Crippen molar-refractivity contribution < 1.29 is 19.7 Å². The van der Waals surface area contributed by atoms with Crippen LogP contribution in [0.5, 0.6) is 11.5 Å². The van der Waals surface area contributed by atoms with Gasteiger partial charge in [-0.3, -0.25) is 0 Å². The van der Waals surface area contributed by atoms with Crippen LogP contribution in [0.4, 0.5) is 0 Å². The average molecular weight is 300 g/mol. The van der Waals surface area contributed by atoms with E-state index < -0.39 is 5.97 Å². The zero-order valence-electron chi connectivity index (χ0n) is 12.8. The van der Waals surface area contributed by atoms with E-state index in [1.165, 1.54) is 17.2 Å². The summed E-state index contributed by atoms with van der Waals surface area (Å²) in [7, 11) is 0. The Kier molecular flexibility index (Phi) is 5.04. The summed E-state index contributed by atoms with van der Waals surface area (Å²) in [6.45, 7) is 4.30. The molecule has 0 unspecified atom stereocenters. The van der Waals surface area contributed by atoms with Crippen LogP contribution in [-0.4, -0.2) is 16.2 Å². The molecule has 0 bridgehead atoms. The summed E-state index contributed by atoms with van der Waals surface area (Å²) < 4.78 is 5.74. The predicted molar refractivity (Wildman–Crippen MR) is 84.6 cm³/mol. The Morgan fingerprint density at radius 2 is 1.73 bits per heavy atom. The molecule has 0 spiro atoms. The Bertz CT molecular complexity index is 655. The Morgan fingerprint density at radius 3 is 2.27 bits per heavy atom. The lowest BCUT2D eigenvalue weighted by Crippen LogP contribution is -2.02. The largest absolute Gasteiger partial charge is 0.507 e. The molecule has 0 aliphatic rings. The van der Waals surface area contributed by atoms with Crippen molar-refractivity contribution >= 4 is 5.97 Å². The summed E-state index contributed by atoms with van der Waals surface area (Å²) in [4.78, 5) is 11.0. The number of hydrogen-bond donors (Lipinski definition) is 2. The van der Waals surface area contributed by atoms with Crippen molar-refractivity contribution in [3.05, 3.63) is 58.7 Å². The topological polar surface area (TPSA) is 66.8 Å². The molecule has 0 saturated heterocycles. The zero-order chi connectivity index (χ0) is 16.1. The molecule has 2 rings (SSSR count). The molecule has 116 valence electrons. The van der Waals surface area contributed by atoms with Crippen molar-refractivity contribution in [3.63, 3.8) is 0 Å². The van der Waals surface area contributed by atoms with E-state index in [-0.39, 0.29) is 17.9 Å². The first-order valence-corrected chi connectivity index (χ1v) is 7.35. The first kappa shape index (κ1) is 15.9. The Balaban J connectivity index is 2.20. The van der Waals surface area contributed by atoms with Gasteiger partial charge in [0.25, 0.3) is 0 Å². The van der Waals surface area contributed by atoms with E-state index >= 15 is 0 Å². The summed E-state index contributed by atoms with van der Waals surface area (Å²) in [6, 6.07) is 10.7. The fraction of sp³-hybridized carbons (Fsp3) is 0.278. The first-order valence-electron chi connectivity index (χ1n) is 7.35. The number of hydrogen-bond acceptors (Lipinski definition) is 3. The van der Waals surface area contributed by atoms with Gasteiger partial charge in [-0.1, -0.05) is 32.0 Å². The quantitative estimate of drug-likeness (QED) is 0.851. The van der Waals surface area contributed by atoms with Crippen LogP contribution in [0.3, 0.4) is 0 Å². The van der Waals surface area contributed by atoms with Gasteiger partial charge < -0.3 is 14.9 Å². The van der Waals surface area contributed by atoms with Crippen LogP contribution < -0.4 is 4.74 Å². The normalized spacial score (nSPS) is 10.5. The number of phenols is 1. The van der Waals surface area contributed by atoms with Gasteiger partial charge in [-0.15, -0.1) is 0 Å². The number of aromatic hydroxyl groups is 1. The van der Waals surface area contributed by atoms with E-state index in [9.17, 15) is 9.90 Å². The van der Waals surface area contributed by atoms with Crippen LogP contribution in [0.15, 0.2) is 36.4 Å². The van der Waals surface area contributed by atoms with Crippen molar-refractivity contribution in [2.45, 2.75) is 33.3 Å². The van der Waals surface area contributed by atoms with Crippen LogP contribution in [-0.2, 0) is 19.4 Å². The highest BCUT2D eigenvalue weighted by Crippen LogP contribution is 2.25. The second-order valence-corrected chi connectivity index (χ2v) is 5.10. The molecular formula is C18H20O4. The molecule has 22 heavy (non-hydrogen) atoms. The molecule has 4 heteroatoms. The first-order chi connectivity index (χ1) is 10.5. The van der Waals surface area contributed by atoms with Crippen LogP contribution in [0.25, 0.3) is 0 Å². The lowest BCUT2D eigenvalue weighted by atomic mass is 10.1. The number of ether oxygens (including phenoxy) is 1. The average Bonchev–Trinajstić information content (AvgIpc) is 2.53. The highest BCUT2D eigenvalue weighted by atomic mass is 16.5. The number of benzene rings is 2. The van der Waals surface area contributed by atoms with Crippen molar-refractivity contribution in [1.29, 1.82) is 0 Å². The fourth-order valence-corrected chi connectivity index (χ4v) is 2.26. The van der Waals surface area contributed by atoms with Crippen LogP contribution in [0.1, 0.15) is 40.9 Å². The Labute approximate surface area is 130 Å². The van der Waals surface area contributed by atoms with Gasteiger partial charge >= 0.3 is 5.97 Å². The van der Waals surface area contributed by atoms with E-state index in [0.29, 0.717) is 5.56 Å². The van der Waals surface area contributed by atoms with Gasteiger partial charge in [0.2, 0.25) is 0 Å². The number of carboxylic acids is 1. The third-order valence-corrected chi connectivity index (χ3v) is 3.59. The molecule has 0 radical (unpaired) electrons. The number of carboxylic acid groups (broad SMARTS) is 1. The zero-order valence-corrected chi connectivity index (χ0v) is 12.8. The summed E-state index contributed by atoms with van der Waals surface area (Å²) in [5.74, 6) is -0.658. The number of carbonyl (C=O) groups is 1. The lowest BCUT2D eigenvalue weighted by molar-refractivity contribution is 0.0693. The lowest BCUT2D eigenvalue weighted by Gasteiger charge is -2.12. The van der Waals surface area contributed by atoms with Crippen LogP contribution >= 0.6 is 0 Å². The molecule has 0 amide bonds. The molecule has 0 atom stereocenters. The molecule has 2 aromatic rings.